The summed E-state index contributed by atoms with van der Waals surface area (Å²) in [5, 5.41) is 6.34. The van der Waals surface area contributed by atoms with Crippen molar-refractivity contribution in [3.63, 3.8) is 0 Å². The van der Waals surface area contributed by atoms with E-state index in [1.807, 2.05) is 6.92 Å². The van der Waals surface area contributed by atoms with Crippen LogP contribution in [0, 0.1) is 12.8 Å². The van der Waals surface area contributed by atoms with Crippen LogP contribution < -0.4 is 10.6 Å². The minimum absolute atomic E-state index is 0.0209. The molecule has 0 spiro atoms. The number of carbonyl (C=O) groups is 2. The van der Waals surface area contributed by atoms with Gasteiger partial charge in [0.1, 0.15) is 4.88 Å². The monoisotopic (exact) mass is 378 g/mol. The van der Waals surface area contributed by atoms with E-state index in [4.69, 9.17) is 0 Å². The third kappa shape index (κ3) is 5.04. The van der Waals surface area contributed by atoms with Crippen molar-refractivity contribution >= 4 is 23.2 Å². The molecule has 2 amide bonds. The van der Waals surface area contributed by atoms with Crippen molar-refractivity contribution in [3.05, 3.63) is 16.1 Å². The van der Waals surface area contributed by atoms with E-state index in [0.29, 0.717) is 23.4 Å². The number of thiazole rings is 1. The third-order valence-electron chi connectivity index (χ3n) is 5.70. The van der Waals surface area contributed by atoms with Crippen LogP contribution in [0.2, 0.25) is 0 Å². The van der Waals surface area contributed by atoms with Gasteiger partial charge in [-0.15, -0.1) is 11.3 Å². The van der Waals surface area contributed by atoms with Crippen LogP contribution in [0.25, 0.3) is 0 Å². The van der Waals surface area contributed by atoms with Gasteiger partial charge in [-0.1, -0.05) is 19.8 Å². The molecule has 0 bridgehead atoms. The number of hydrogen-bond acceptors (Lipinski definition) is 5. The Morgan fingerprint density at radius 2 is 1.92 bits per heavy atom. The molecule has 2 N–H and O–H groups in total. The molecule has 2 atom stereocenters. The molecule has 1 aromatic rings. The molecule has 1 saturated carbocycles. The first-order valence-electron chi connectivity index (χ1n) is 9.75. The normalized spacial score (nSPS) is 25.0. The van der Waals surface area contributed by atoms with Gasteiger partial charge in [-0.2, -0.15) is 0 Å². The van der Waals surface area contributed by atoms with E-state index in [-0.39, 0.29) is 17.9 Å². The van der Waals surface area contributed by atoms with Gasteiger partial charge in [-0.25, -0.2) is 4.98 Å². The lowest BCUT2D eigenvalue weighted by atomic mass is 9.86. The number of likely N-dealkylation sites (tertiary alicyclic amines) is 1. The fourth-order valence-corrected chi connectivity index (χ4v) is 4.70. The van der Waals surface area contributed by atoms with Gasteiger partial charge in [0.25, 0.3) is 5.91 Å². The first-order chi connectivity index (χ1) is 12.5. The van der Waals surface area contributed by atoms with Crippen LogP contribution in [0.1, 0.15) is 60.8 Å². The second-order valence-electron chi connectivity index (χ2n) is 7.73. The number of piperidine rings is 1. The average Bonchev–Trinajstić information content (AvgIpc) is 3.05. The maximum atomic E-state index is 12.3. The van der Waals surface area contributed by atoms with Crippen LogP contribution in [0.15, 0.2) is 5.51 Å². The van der Waals surface area contributed by atoms with E-state index < -0.39 is 0 Å². The second kappa shape index (κ2) is 8.95. The molecule has 144 valence electrons. The van der Waals surface area contributed by atoms with Gasteiger partial charge in [0.15, 0.2) is 0 Å². The molecule has 2 heterocycles. The highest BCUT2D eigenvalue weighted by atomic mass is 32.1. The van der Waals surface area contributed by atoms with Crippen molar-refractivity contribution < 1.29 is 9.59 Å². The molecule has 3 rings (SSSR count). The number of aromatic nitrogens is 1. The van der Waals surface area contributed by atoms with E-state index in [0.717, 1.165) is 38.0 Å². The Hall–Kier alpha value is -1.47. The van der Waals surface area contributed by atoms with Gasteiger partial charge in [0, 0.05) is 25.2 Å². The van der Waals surface area contributed by atoms with Crippen molar-refractivity contribution in [1.82, 2.24) is 20.5 Å². The molecule has 0 aromatic carbocycles. The summed E-state index contributed by atoms with van der Waals surface area (Å²) in [6.45, 7) is 6.27. The van der Waals surface area contributed by atoms with Crippen LogP contribution in [0.4, 0.5) is 0 Å². The molecule has 2 aliphatic rings. The summed E-state index contributed by atoms with van der Waals surface area (Å²) in [6, 6.07) is 0.525. The summed E-state index contributed by atoms with van der Waals surface area (Å²) < 4.78 is 0. The van der Waals surface area contributed by atoms with Gasteiger partial charge in [-0.3, -0.25) is 14.5 Å². The van der Waals surface area contributed by atoms with Crippen LogP contribution in [-0.2, 0) is 4.79 Å². The molecule has 1 aromatic heterocycles. The van der Waals surface area contributed by atoms with Crippen LogP contribution in [0.5, 0.6) is 0 Å². The lowest BCUT2D eigenvalue weighted by Crippen LogP contribution is -2.49. The quantitative estimate of drug-likeness (QED) is 0.825. The predicted octanol–water partition coefficient (Wildman–Crippen LogP) is 2.34. The summed E-state index contributed by atoms with van der Waals surface area (Å²) in [4.78, 5) is 31.7. The first kappa shape index (κ1) is 19.3. The Bertz CT molecular complexity index is 625. The molecule has 1 saturated heterocycles. The minimum atomic E-state index is -0.0209. The lowest BCUT2D eigenvalue weighted by Gasteiger charge is -2.33. The zero-order valence-corrected chi connectivity index (χ0v) is 16.6. The molecule has 0 unspecified atom stereocenters. The lowest BCUT2D eigenvalue weighted by molar-refractivity contribution is -0.123. The predicted molar refractivity (Wildman–Crippen MR) is 103 cm³/mol. The molecule has 1 aliphatic heterocycles. The smallest absolute Gasteiger partial charge is 0.263 e. The van der Waals surface area contributed by atoms with Crippen LogP contribution >= 0.6 is 11.3 Å². The number of carbonyl (C=O) groups excluding carboxylic acids is 2. The zero-order valence-electron chi connectivity index (χ0n) is 15.8. The fourth-order valence-electron chi connectivity index (χ4n) is 3.99. The number of nitrogens with one attached hydrogen (secondary N) is 2. The van der Waals surface area contributed by atoms with Crippen molar-refractivity contribution in [2.24, 2.45) is 5.92 Å². The van der Waals surface area contributed by atoms with E-state index in [1.54, 1.807) is 5.51 Å². The highest BCUT2D eigenvalue weighted by molar-refractivity contribution is 7.11. The van der Waals surface area contributed by atoms with Gasteiger partial charge in [0.05, 0.1) is 17.7 Å². The van der Waals surface area contributed by atoms with Gasteiger partial charge < -0.3 is 10.6 Å². The summed E-state index contributed by atoms with van der Waals surface area (Å²) in [5.41, 5.74) is 2.50. The third-order valence-corrected chi connectivity index (χ3v) is 6.63. The summed E-state index contributed by atoms with van der Waals surface area (Å²) in [6.07, 6.45) is 6.61. The van der Waals surface area contributed by atoms with Crippen molar-refractivity contribution in [3.8, 4) is 0 Å². The highest BCUT2D eigenvalue weighted by Crippen LogP contribution is 2.23. The molecular weight excluding hydrogens is 348 g/mol. The number of amides is 2. The largest absolute Gasteiger partial charge is 0.352 e. The maximum Gasteiger partial charge on any atom is 0.263 e. The van der Waals surface area contributed by atoms with Crippen molar-refractivity contribution in [2.45, 2.75) is 64.5 Å². The summed E-state index contributed by atoms with van der Waals surface area (Å²) >= 11 is 1.39. The minimum Gasteiger partial charge on any atom is -0.352 e. The van der Waals surface area contributed by atoms with Gasteiger partial charge in [-0.05, 0) is 38.5 Å². The Morgan fingerprint density at radius 3 is 2.58 bits per heavy atom. The van der Waals surface area contributed by atoms with E-state index in [1.165, 1.54) is 30.6 Å². The molecular formula is C19H30N4O2S. The SMILES string of the molecule is Cc1ncsc1C(=O)NC1CCN(CC(=O)N[C@H]2CCCC[C@@H]2C)CC1. The second-order valence-corrected chi connectivity index (χ2v) is 8.58. The van der Waals surface area contributed by atoms with Crippen LogP contribution in [0.3, 0.4) is 0 Å². The topological polar surface area (TPSA) is 74.3 Å². The first-order valence-corrected chi connectivity index (χ1v) is 10.6. The maximum absolute atomic E-state index is 12.3. The Labute approximate surface area is 159 Å². The van der Waals surface area contributed by atoms with Gasteiger partial charge in [0.2, 0.25) is 5.91 Å². The summed E-state index contributed by atoms with van der Waals surface area (Å²) in [5.74, 6) is 0.711. The van der Waals surface area contributed by atoms with Crippen molar-refractivity contribution in [1.29, 1.82) is 0 Å². The Balaban J connectivity index is 1.39. The van der Waals surface area contributed by atoms with E-state index in [9.17, 15) is 9.59 Å². The van der Waals surface area contributed by atoms with E-state index in [2.05, 4.69) is 27.4 Å². The highest BCUT2D eigenvalue weighted by Gasteiger charge is 2.26. The number of aryl methyl sites for hydroxylation is 1. The molecule has 7 heteroatoms. The molecule has 26 heavy (non-hydrogen) atoms. The number of rotatable bonds is 5. The average molecular weight is 379 g/mol. The van der Waals surface area contributed by atoms with E-state index >= 15 is 0 Å². The molecule has 0 radical (unpaired) electrons. The van der Waals surface area contributed by atoms with Gasteiger partial charge >= 0.3 is 0 Å². The molecule has 6 nitrogen and oxygen atoms in total. The number of hydrogen-bond donors (Lipinski definition) is 2. The standard InChI is InChI=1S/C19H30N4O2S/c1-13-5-3-4-6-16(13)22-17(24)11-23-9-7-15(8-10-23)21-19(25)18-14(2)20-12-26-18/h12-13,15-16H,3-11H2,1-2H3,(H,21,25)(H,22,24)/t13-,16-/m0/s1. The molecule has 1 aliphatic carbocycles. The Kier molecular flexibility index (Phi) is 6.64. The number of nitrogens with zero attached hydrogens (tertiary/aromatic N) is 2. The van der Waals surface area contributed by atoms with Crippen molar-refractivity contribution in [2.75, 3.05) is 19.6 Å². The molecule has 2 fully saturated rings. The Morgan fingerprint density at radius 1 is 1.19 bits per heavy atom. The van der Waals surface area contributed by atoms with Crippen LogP contribution in [-0.4, -0.2) is 53.4 Å². The zero-order chi connectivity index (χ0) is 18.5. The summed E-state index contributed by atoms with van der Waals surface area (Å²) in [7, 11) is 0. The fraction of sp³-hybridized carbons (Fsp3) is 0.737.